The molecular formula is C14H16N4OS. The Bertz CT molecular complexity index is 747. The van der Waals surface area contributed by atoms with Crippen LogP contribution in [0.1, 0.15) is 11.3 Å². The van der Waals surface area contributed by atoms with Gasteiger partial charge in [0.05, 0.1) is 23.5 Å². The Kier molecular flexibility index (Phi) is 3.31. The van der Waals surface area contributed by atoms with Gasteiger partial charge in [-0.2, -0.15) is 5.10 Å². The first-order valence-corrected chi connectivity index (χ1v) is 7.15. The highest BCUT2D eigenvalue weighted by Gasteiger charge is 2.07. The zero-order chi connectivity index (χ0) is 14.1. The number of fused-ring (bicyclic) bond motifs is 1. The molecule has 0 spiro atoms. The summed E-state index contributed by atoms with van der Waals surface area (Å²) in [7, 11) is 3.62. The van der Waals surface area contributed by atoms with Crippen molar-refractivity contribution in [2.75, 3.05) is 12.4 Å². The summed E-state index contributed by atoms with van der Waals surface area (Å²) in [6, 6.07) is 5.91. The van der Waals surface area contributed by atoms with Crippen LogP contribution in [0.25, 0.3) is 10.2 Å². The molecule has 0 unspecified atom stereocenters. The lowest BCUT2D eigenvalue weighted by Gasteiger charge is -2.01. The Morgan fingerprint density at radius 3 is 2.95 bits per heavy atom. The maximum atomic E-state index is 5.23. The van der Waals surface area contributed by atoms with E-state index in [9.17, 15) is 0 Å². The van der Waals surface area contributed by atoms with E-state index in [0.717, 1.165) is 27.6 Å². The van der Waals surface area contributed by atoms with Gasteiger partial charge in [0.2, 0.25) is 0 Å². The van der Waals surface area contributed by atoms with Gasteiger partial charge < -0.3 is 10.1 Å². The molecule has 1 N–H and O–H groups in total. The van der Waals surface area contributed by atoms with Crippen LogP contribution in [-0.4, -0.2) is 21.9 Å². The van der Waals surface area contributed by atoms with Crippen LogP contribution in [0.4, 0.5) is 5.13 Å². The van der Waals surface area contributed by atoms with Gasteiger partial charge >= 0.3 is 0 Å². The fourth-order valence-electron chi connectivity index (χ4n) is 2.00. The van der Waals surface area contributed by atoms with Crippen LogP contribution in [0.3, 0.4) is 0 Å². The number of anilines is 1. The second-order valence-electron chi connectivity index (χ2n) is 4.59. The number of methoxy groups -OCH3 is 1. The number of hydrogen-bond acceptors (Lipinski definition) is 5. The smallest absolute Gasteiger partial charge is 0.184 e. The quantitative estimate of drug-likeness (QED) is 0.802. The fourth-order valence-corrected chi connectivity index (χ4v) is 2.89. The standard InChI is InChI=1S/C14H16N4OS/c1-9-10(8-16-18(9)2)7-15-14-17-12-5-4-11(19-3)6-13(12)20-14/h4-6,8H,7H2,1-3H3,(H,15,17). The third-order valence-corrected chi connectivity index (χ3v) is 4.34. The summed E-state index contributed by atoms with van der Waals surface area (Å²) in [5, 5.41) is 8.51. The molecule has 6 heteroatoms. The number of nitrogens with zero attached hydrogens (tertiary/aromatic N) is 3. The number of benzene rings is 1. The summed E-state index contributed by atoms with van der Waals surface area (Å²) in [6.07, 6.45) is 1.89. The first-order chi connectivity index (χ1) is 9.67. The lowest BCUT2D eigenvalue weighted by atomic mass is 10.2. The van der Waals surface area contributed by atoms with E-state index in [2.05, 4.69) is 22.3 Å². The van der Waals surface area contributed by atoms with Crippen molar-refractivity contribution in [2.45, 2.75) is 13.5 Å². The number of hydrogen-bond donors (Lipinski definition) is 1. The second kappa shape index (κ2) is 5.13. The highest BCUT2D eigenvalue weighted by Crippen LogP contribution is 2.29. The van der Waals surface area contributed by atoms with E-state index in [0.29, 0.717) is 0 Å². The molecule has 5 nitrogen and oxygen atoms in total. The van der Waals surface area contributed by atoms with E-state index in [1.54, 1.807) is 18.4 Å². The van der Waals surface area contributed by atoms with Gasteiger partial charge in [-0.05, 0) is 25.1 Å². The molecule has 0 aliphatic carbocycles. The maximum absolute atomic E-state index is 5.23. The lowest BCUT2D eigenvalue weighted by Crippen LogP contribution is -2.00. The molecule has 104 valence electrons. The van der Waals surface area contributed by atoms with E-state index < -0.39 is 0 Å². The van der Waals surface area contributed by atoms with E-state index >= 15 is 0 Å². The van der Waals surface area contributed by atoms with Gasteiger partial charge in [-0.3, -0.25) is 4.68 Å². The largest absolute Gasteiger partial charge is 0.497 e. The topological polar surface area (TPSA) is 52.0 Å². The van der Waals surface area contributed by atoms with E-state index in [-0.39, 0.29) is 0 Å². The van der Waals surface area contributed by atoms with Crippen LogP contribution in [0, 0.1) is 6.92 Å². The Morgan fingerprint density at radius 2 is 2.25 bits per heavy atom. The van der Waals surface area contributed by atoms with Gasteiger partial charge in [-0.25, -0.2) is 4.98 Å². The van der Waals surface area contributed by atoms with Gasteiger partial charge in [0.1, 0.15) is 5.75 Å². The number of aromatic nitrogens is 3. The van der Waals surface area contributed by atoms with Crippen molar-refractivity contribution in [1.29, 1.82) is 0 Å². The van der Waals surface area contributed by atoms with E-state index in [4.69, 9.17) is 4.74 Å². The van der Waals surface area contributed by atoms with Crippen molar-refractivity contribution in [3.63, 3.8) is 0 Å². The van der Waals surface area contributed by atoms with Crippen LogP contribution < -0.4 is 10.1 Å². The van der Waals surface area contributed by atoms with Gasteiger partial charge in [-0.1, -0.05) is 11.3 Å². The SMILES string of the molecule is COc1ccc2nc(NCc3cnn(C)c3C)sc2c1. The molecule has 0 bridgehead atoms. The molecule has 3 aromatic rings. The average molecular weight is 288 g/mol. The Labute approximate surface area is 121 Å². The molecule has 2 heterocycles. The molecule has 0 fully saturated rings. The van der Waals surface area contributed by atoms with Crippen molar-refractivity contribution in [3.8, 4) is 5.75 Å². The average Bonchev–Trinajstić information content (AvgIpc) is 3.00. The molecule has 2 aromatic heterocycles. The van der Waals surface area contributed by atoms with Gasteiger partial charge in [-0.15, -0.1) is 0 Å². The number of ether oxygens (including phenoxy) is 1. The molecule has 0 radical (unpaired) electrons. The number of aryl methyl sites for hydroxylation is 1. The minimum absolute atomic E-state index is 0.733. The molecule has 0 aliphatic heterocycles. The summed E-state index contributed by atoms with van der Waals surface area (Å²) >= 11 is 1.63. The first kappa shape index (κ1) is 12.9. The third-order valence-electron chi connectivity index (χ3n) is 3.36. The van der Waals surface area contributed by atoms with Crippen molar-refractivity contribution in [1.82, 2.24) is 14.8 Å². The Balaban J connectivity index is 1.79. The summed E-state index contributed by atoms with van der Waals surface area (Å²) in [4.78, 5) is 4.56. The second-order valence-corrected chi connectivity index (χ2v) is 5.62. The van der Waals surface area contributed by atoms with Gasteiger partial charge in [0, 0.05) is 24.8 Å². The molecule has 0 amide bonds. The zero-order valence-electron chi connectivity index (χ0n) is 11.7. The fraction of sp³-hybridized carbons (Fsp3) is 0.286. The zero-order valence-corrected chi connectivity index (χ0v) is 12.5. The normalized spacial score (nSPS) is 10.9. The predicted octanol–water partition coefficient (Wildman–Crippen LogP) is 2.96. The Morgan fingerprint density at radius 1 is 1.40 bits per heavy atom. The van der Waals surface area contributed by atoms with Crippen LogP contribution in [-0.2, 0) is 13.6 Å². The number of thiazole rings is 1. The van der Waals surface area contributed by atoms with Crippen LogP contribution >= 0.6 is 11.3 Å². The highest BCUT2D eigenvalue weighted by molar-refractivity contribution is 7.22. The van der Waals surface area contributed by atoms with Crippen molar-refractivity contribution < 1.29 is 4.74 Å². The van der Waals surface area contributed by atoms with Gasteiger partial charge in [0.15, 0.2) is 5.13 Å². The van der Waals surface area contributed by atoms with Crippen molar-refractivity contribution in [2.24, 2.45) is 7.05 Å². The van der Waals surface area contributed by atoms with E-state index in [1.165, 1.54) is 11.3 Å². The number of rotatable bonds is 4. The predicted molar refractivity (Wildman–Crippen MR) is 81.4 cm³/mol. The minimum Gasteiger partial charge on any atom is -0.497 e. The molecule has 20 heavy (non-hydrogen) atoms. The molecule has 0 saturated carbocycles. The third kappa shape index (κ3) is 2.34. The van der Waals surface area contributed by atoms with Crippen LogP contribution in [0.15, 0.2) is 24.4 Å². The molecule has 0 atom stereocenters. The molecule has 0 saturated heterocycles. The molecule has 1 aromatic carbocycles. The summed E-state index contributed by atoms with van der Waals surface area (Å²) in [5.74, 6) is 0.857. The number of nitrogens with one attached hydrogen (secondary N) is 1. The summed E-state index contributed by atoms with van der Waals surface area (Å²) < 4.78 is 8.22. The van der Waals surface area contributed by atoms with Crippen LogP contribution in [0.5, 0.6) is 5.75 Å². The van der Waals surface area contributed by atoms with Crippen molar-refractivity contribution in [3.05, 3.63) is 35.7 Å². The summed E-state index contributed by atoms with van der Waals surface area (Å²) in [6.45, 7) is 2.80. The van der Waals surface area contributed by atoms with Crippen LogP contribution in [0.2, 0.25) is 0 Å². The lowest BCUT2D eigenvalue weighted by molar-refractivity contribution is 0.415. The molecule has 3 rings (SSSR count). The molecular weight excluding hydrogens is 272 g/mol. The summed E-state index contributed by atoms with van der Waals surface area (Å²) in [5.41, 5.74) is 3.34. The van der Waals surface area contributed by atoms with Gasteiger partial charge in [0.25, 0.3) is 0 Å². The van der Waals surface area contributed by atoms with Crippen molar-refractivity contribution >= 4 is 26.7 Å². The van der Waals surface area contributed by atoms with E-state index in [1.807, 2.05) is 36.1 Å². The minimum atomic E-state index is 0.733. The maximum Gasteiger partial charge on any atom is 0.184 e. The monoisotopic (exact) mass is 288 g/mol. The molecule has 0 aliphatic rings. The first-order valence-electron chi connectivity index (χ1n) is 6.33. The highest BCUT2D eigenvalue weighted by atomic mass is 32.1. The Hall–Kier alpha value is -2.08.